The Morgan fingerprint density at radius 3 is 2.48 bits per heavy atom. The van der Waals surface area contributed by atoms with Crippen molar-refractivity contribution < 1.29 is 0 Å². The van der Waals surface area contributed by atoms with Crippen LogP contribution < -0.4 is 10.1 Å². The third-order valence-electron chi connectivity index (χ3n) is 3.38. The Labute approximate surface area is 140 Å². The molecule has 0 spiro atoms. The van der Waals surface area contributed by atoms with Gasteiger partial charge >= 0.3 is 0 Å². The van der Waals surface area contributed by atoms with E-state index in [1.165, 1.54) is 15.9 Å². The second-order valence-electron chi connectivity index (χ2n) is 4.96. The summed E-state index contributed by atoms with van der Waals surface area (Å²) in [6.07, 6.45) is 1.85. The predicted molar refractivity (Wildman–Crippen MR) is 92.8 cm³/mol. The number of hydrogen-bond acceptors (Lipinski definition) is 4. The van der Waals surface area contributed by atoms with Gasteiger partial charge in [-0.3, -0.25) is 4.79 Å². The standard InChI is InChI=1S/C17H10ClN3OS/c18-13-8-6-12(7-9-13)15-19-17-21(20-15)16(22)14(23-17)10-11-4-2-1-3-5-11/h1-10H/b14-10-. The van der Waals surface area contributed by atoms with Gasteiger partial charge in [-0.15, -0.1) is 5.10 Å². The molecule has 2 aromatic carbocycles. The van der Waals surface area contributed by atoms with Gasteiger partial charge in [0.1, 0.15) is 0 Å². The summed E-state index contributed by atoms with van der Waals surface area (Å²) in [5, 5.41) is 4.97. The summed E-state index contributed by atoms with van der Waals surface area (Å²) in [7, 11) is 0. The average Bonchev–Trinajstić information content (AvgIpc) is 3.10. The Morgan fingerprint density at radius 2 is 1.78 bits per heavy atom. The van der Waals surface area contributed by atoms with Gasteiger partial charge in [0.05, 0.1) is 4.53 Å². The second-order valence-corrected chi connectivity index (χ2v) is 6.41. The van der Waals surface area contributed by atoms with Crippen LogP contribution in [0.2, 0.25) is 5.02 Å². The molecule has 0 saturated heterocycles. The van der Waals surface area contributed by atoms with E-state index < -0.39 is 0 Å². The van der Waals surface area contributed by atoms with Gasteiger partial charge in [0.25, 0.3) is 5.56 Å². The quantitative estimate of drug-likeness (QED) is 0.564. The summed E-state index contributed by atoms with van der Waals surface area (Å²) in [6, 6.07) is 16.9. The Hall–Kier alpha value is -2.50. The van der Waals surface area contributed by atoms with Crippen LogP contribution in [-0.2, 0) is 0 Å². The molecule has 0 unspecified atom stereocenters. The van der Waals surface area contributed by atoms with Crippen molar-refractivity contribution >= 4 is 34.0 Å². The zero-order chi connectivity index (χ0) is 15.8. The molecule has 0 bridgehead atoms. The van der Waals surface area contributed by atoms with E-state index in [0.29, 0.717) is 20.3 Å². The summed E-state index contributed by atoms with van der Waals surface area (Å²) in [5.74, 6) is 0.524. The highest BCUT2D eigenvalue weighted by atomic mass is 35.5. The fraction of sp³-hybridized carbons (Fsp3) is 0. The highest BCUT2D eigenvalue weighted by Gasteiger charge is 2.11. The topological polar surface area (TPSA) is 47.3 Å². The smallest absolute Gasteiger partial charge is 0.266 e. The largest absolute Gasteiger partial charge is 0.291 e. The van der Waals surface area contributed by atoms with Crippen molar-refractivity contribution in [1.29, 1.82) is 0 Å². The van der Waals surface area contributed by atoms with Crippen molar-refractivity contribution in [2.45, 2.75) is 0 Å². The van der Waals surface area contributed by atoms with Gasteiger partial charge in [-0.2, -0.15) is 9.50 Å². The molecule has 0 fully saturated rings. The van der Waals surface area contributed by atoms with Crippen molar-refractivity contribution in [1.82, 2.24) is 14.6 Å². The lowest BCUT2D eigenvalue weighted by Crippen LogP contribution is -2.23. The maximum atomic E-state index is 12.5. The number of benzene rings is 2. The summed E-state index contributed by atoms with van der Waals surface area (Å²) >= 11 is 7.21. The molecule has 4 rings (SSSR count). The third-order valence-corrected chi connectivity index (χ3v) is 4.59. The van der Waals surface area contributed by atoms with E-state index in [0.717, 1.165) is 11.1 Å². The van der Waals surface area contributed by atoms with E-state index in [1.54, 1.807) is 12.1 Å². The lowest BCUT2D eigenvalue weighted by atomic mass is 10.2. The third kappa shape index (κ3) is 2.65. The molecule has 6 heteroatoms. The van der Waals surface area contributed by atoms with Crippen molar-refractivity contribution in [3.63, 3.8) is 0 Å². The molecule has 2 heterocycles. The zero-order valence-electron chi connectivity index (χ0n) is 11.8. The summed E-state index contributed by atoms with van der Waals surface area (Å²) in [6.45, 7) is 0. The zero-order valence-corrected chi connectivity index (χ0v) is 13.4. The van der Waals surface area contributed by atoms with E-state index in [4.69, 9.17) is 11.6 Å². The molecule has 0 N–H and O–H groups in total. The first-order valence-corrected chi connectivity index (χ1v) is 8.12. The van der Waals surface area contributed by atoms with Gasteiger partial charge in [-0.05, 0) is 35.9 Å². The number of rotatable bonds is 2. The highest BCUT2D eigenvalue weighted by molar-refractivity contribution is 7.15. The fourth-order valence-corrected chi connectivity index (χ4v) is 3.29. The Balaban J connectivity index is 1.82. The van der Waals surface area contributed by atoms with Crippen LogP contribution in [0.25, 0.3) is 22.4 Å². The number of aromatic nitrogens is 3. The number of hydrogen-bond donors (Lipinski definition) is 0. The van der Waals surface area contributed by atoms with Crippen LogP contribution in [0.15, 0.2) is 59.4 Å². The van der Waals surface area contributed by atoms with Gasteiger partial charge in [0, 0.05) is 10.6 Å². The molecular weight excluding hydrogens is 330 g/mol. The minimum absolute atomic E-state index is 0.151. The average molecular weight is 340 g/mol. The van der Waals surface area contributed by atoms with Crippen LogP contribution in [0, 0.1) is 0 Å². The first-order valence-electron chi connectivity index (χ1n) is 6.93. The molecule has 0 atom stereocenters. The Morgan fingerprint density at radius 1 is 1.04 bits per heavy atom. The van der Waals surface area contributed by atoms with Crippen LogP contribution in [-0.4, -0.2) is 14.6 Å². The molecule has 112 valence electrons. The SMILES string of the molecule is O=c1/c(=C/c2ccccc2)sc2nc(-c3ccc(Cl)cc3)nn12. The number of thiazole rings is 1. The Bertz CT molecular complexity index is 1080. The number of fused-ring (bicyclic) bond motifs is 1. The van der Waals surface area contributed by atoms with Crippen molar-refractivity contribution in [2.75, 3.05) is 0 Å². The van der Waals surface area contributed by atoms with Gasteiger partial charge in [0.2, 0.25) is 4.96 Å². The molecule has 0 aliphatic heterocycles. The lowest BCUT2D eigenvalue weighted by molar-refractivity contribution is 0.937. The summed E-state index contributed by atoms with van der Waals surface area (Å²) < 4.78 is 1.97. The predicted octanol–water partition coefficient (Wildman–Crippen LogP) is 3.02. The van der Waals surface area contributed by atoms with Crippen LogP contribution in [0.5, 0.6) is 0 Å². The second kappa shape index (κ2) is 5.61. The first-order chi connectivity index (χ1) is 11.2. The molecule has 4 aromatic rings. The van der Waals surface area contributed by atoms with Crippen LogP contribution in [0.1, 0.15) is 5.56 Å². The van der Waals surface area contributed by atoms with E-state index in [2.05, 4.69) is 10.1 Å². The lowest BCUT2D eigenvalue weighted by Gasteiger charge is -1.93. The summed E-state index contributed by atoms with van der Waals surface area (Å²) in [4.78, 5) is 17.5. The molecule has 0 radical (unpaired) electrons. The van der Waals surface area contributed by atoms with Crippen LogP contribution >= 0.6 is 22.9 Å². The molecule has 4 nitrogen and oxygen atoms in total. The maximum Gasteiger partial charge on any atom is 0.291 e. The van der Waals surface area contributed by atoms with Gasteiger partial charge in [-0.1, -0.05) is 53.3 Å². The van der Waals surface area contributed by atoms with Gasteiger partial charge in [-0.25, -0.2) is 0 Å². The Kier molecular flexibility index (Phi) is 3.44. The number of halogens is 1. The molecule has 2 aromatic heterocycles. The van der Waals surface area contributed by atoms with E-state index >= 15 is 0 Å². The first kappa shape index (κ1) is 14.1. The number of nitrogens with zero attached hydrogens (tertiary/aromatic N) is 3. The van der Waals surface area contributed by atoms with Crippen LogP contribution in [0.4, 0.5) is 0 Å². The van der Waals surface area contributed by atoms with Crippen molar-refractivity contribution in [3.05, 3.63) is 80.1 Å². The van der Waals surface area contributed by atoms with Crippen molar-refractivity contribution in [2.24, 2.45) is 0 Å². The van der Waals surface area contributed by atoms with Gasteiger partial charge < -0.3 is 0 Å². The molecule has 0 aliphatic carbocycles. The molecule has 0 saturated carbocycles. The molecule has 0 aliphatic rings. The molecule has 23 heavy (non-hydrogen) atoms. The van der Waals surface area contributed by atoms with Crippen LogP contribution in [0.3, 0.4) is 0 Å². The minimum Gasteiger partial charge on any atom is -0.266 e. The van der Waals surface area contributed by atoms with E-state index in [-0.39, 0.29) is 5.56 Å². The fourth-order valence-electron chi connectivity index (χ4n) is 2.26. The molecule has 0 amide bonds. The van der Waals surface area contributed by atoms with Gasteiger partial charge in [0.15, 0.2) is 5.82 Å². The normalized spacial score (nSPS) is 12.1. The van der Waals surface area contributed by atoms with E-state index in [1.807, 2.05) is 48.5 Å². The van der Waals surface area contributed by atoms with E-state index in [9.17, 15) is 4.79 Å². The highest BCUT2D eigenvalue weighted by Crippen LogP contribution is 2.19. The maximum absolute atomic E-state index is 12.5. The minimum atomic E-state index is -0.151. The monoisotopic (exact) mass is 339 g/mol. The van der Waals surface area contributed by atoms with Crippen molar-refractivity contribution in [3.8, 4) is 11.4 Å². The molecular formula is C17H10ClN3OS. The summed E-state index contributed by atoms with van der Waals surface area (Å²) in [5.41, 5.74) is 1.66.